The Morgan fingerprint density at radius 2 is 2.17 bits per heavy atom. The van der Waals surface area contributed by atoms with Gasteiger partial charge in [-0.1, -0.05) is 23.7 Å². The van der Waals surface area contributed by atoms with Crippen LogP contribution in [0, 0.1) is 6.92 Å². The second-order valence-electron chi connectivity index (χ2n) is 5.22. The number of anilines is 1. The number of aromatic nitrogens is 4. The van der Waals surface area contributed by atoms with Crippen molar-refractivity contribution >= 4 is 34.4 Å². The van der Waals surface area contributed by atoms with Crippen molar-refractivity contribution in [3.63, 3.8) is 0 Å². The van der Waals surface area contributed by atoms with Crippen LogP contribution >= 0.6 is 11.6 Å². The van der Waals surface area contributed by atoms with Crippen molar-refractivity contribution in [2.45, 2.75) is 19.9 Å². The summed E-state index contributed by atoms with van der Waals surface area (Å²) >= 11 is 6.18. The van der Waals surface area contributed by atoms with Gasteiger partial charge < -0.3 is 11.1 Å². The van der Waals surface area contributed by atoms with Gasteiger partial charge in [-0.15, -0.1) is 5.10 Å². The van der Waals surface area contributed by atoms with E-state index in [1.807, 2.05) is 13.0 Å². The zero-order valence-corrected chi connectivity index (χ0v) is 13.3. The van der Waals surface area contributed by atoms with Gasteiger partial charge in [0.2, 0.25) is 5.95 Å². The van der Waals surface area contributed by atoms with Crippen LogP contribution in [0.1, 0.15) is 34.8 Å². The number of carbonyl (C=O) groups is 1. The van der Waals surface area contributed by atoms with Gasteiger partial charge in [-0.3, -0.25) is 14.9 Å². The second-order valence-corrected chi connectivity index (χ2v) is 5.63. The van der Waals surface area contributed by atoms with E-state index in [1.54, 1.807) is 25.1 Å². The van der Waals surface area contributed by atoms with Gasteiger partial charge in [0, 0.05) is 11.1 Å². The van der Waals surface area contributed by atoms with E-state index in [-0.39, 0.29) is 17.9 Å². The van der Waals surface area contributed by atoms with Crippen LogP contribution < -0.4 is 11.1 Å². The van der Waals surface area contributed by atoms with Gasteiger partial charge in [0.25, 0.3) is 5.91 Å². The highest BCUT2D eigenvalue weighted by Crippen LogP contribution is 2.25. The predicted molar refractivity (Wildman–Crippen MR) is 88.2 cm³/mol. The van der Waals surface area contributed by atoms with Crippen molar-refractivity contribution in [3.05, 3.63) is 46.4 Å². The second kappa shape index (κ2) is 5.85. The van der Waals surface area contributed by atoms with Crippen molar-refractivity contribution in [2.75, 3.05) is 5.73 Å². The van der Waals surface area contributed by atoms with Gasteiger partial charge in [-0.2, -0.15) is 4.98 Å². The molecular formula is C15H15ClN6O. The molecule has 2 heterocycles. The molecule has 0 radical (unpaired) electrons. The van der Waals surface area contributed by atoms with Gasteiger partial charge in [0.15, 0.2) is 0 Å². The number of carbonyl (C=O) groups excluding carboxylic acids is 1. The van der Waals surface area contributed by atoms with Gasteiger partial charge in [0.05, 0.1) is 22.1 Å². The van der Waals surface area contributed by atoms with E-state index in [4.69, 9.17) is 17.3 Å². The van der Waals surface area contributed by atoms with E-state index < -0.39 is 0 Å². The van der Waals surface area contributed by atoms with Crippen LogP contribution in [-0.2, 0) is 0 Å². The fourth-order valence-electron chi connectivity index (χ4n) is 2.35. The Hall–Kier alpha value is -2.67. The van der Waals surface area contributed by atoms with E-state index in [0.29, 0.717) is 33.0 Å². The lowest BCUT2D eigenvalue weighted by Crippen LogP contribution is -2.27. The minimum absolute atomic E-state index is 0.137. The third-order valence-electron chi connectivity index (χ3n) is 3.44. The minimum atomic E-state index is -0.366. The molecule has 118 valence electrons. The Kier molecular flexibility index (Phi) is 3.87. The number of pyridine rings is 1. The zero-order valence-electron chi connectivity index (χ0n) is 12.6. The monoisotopic (exact) mass is 330 g/mol. The summed E-state index contributed by atoms with van der Waals surface area (Å²) in [7, 11) is 0. The number of aryl methyl sites for hydroxylation is 1. The van der Waals surface area contributed by atoms with Gasteiger partial charge in [-0.25, -0.2) is 0 Å². The molecule has 0 aliphatic rings. The van der Waals surface area contributed by atoms with Crippen LogP contribution in [0.5, 0.6) is 0 Å². The number of nitrogen functional groups attached to an aromatic ring is 1. The normalized spacial score (nSPS) is 12.3. The highest BCUT2D eigenvalue weighted by molar-refractivity contribution is 6.35. The van der Waals surface area contributed by atoms with E-state index >= 15 is 0 Å². The molecule has 1 atom stereocenters. The number of nitrogens with one attached hydrogen (secondary N) is 2. The average molecular weight is 331 g/mol. The molecule has 23 heavy (non-hydrogen) atoms. The maximum Gasteiger partial charge on any atom is 0.252 e. The van der Waals surface area contributed by atoms with Crippen LogP contribution in [0.4, 0.5) is 5.95 Å². The number of fused-ring (bicyclic) bond motifs is 1. The van der Waals surface area contributed by atoms with E-state index in [1.165, 1.54) is 0 Å². The number of nitrogens with zero attached hydrogens (tertiary/aromatic N) is 3. The third kappa shape index (κ3) is 2.95. The lowest BCUT2D eigenvalue weighted by atomic mass is 10.1. The van der Waals surface area contributed by atoms with E-state index in [9.17, 15) is 4.79 Å². The molecule has 0 fully saturated rings. The summed E-state index contributed by atoms with van der Waals surface area (Å²) < 4.78 is 0. The lowest BCUT2D eigenvalue weighted by Gasteiger charge is -2.13. The van der Waals surface area contributed by atoms with Gasteiger partial charge >= 0.3 is 0 Å². The van der Waals surface area contributed by atoms with Crippen LogP contribution in [0.25, 0.3) is 10.9 Å². The molecule has 1 aromatic carbocycles. The largest absolute Gasteiger partial charge is 0.367 e. The first-order chi connectivity index (χ1) is 11.0. The summed E-state index contributed by atoms with van der Waals surface area (Å²) in [5, 5.41) is 10.5. The Morgan fingerprint density at radius 3 is 2.87 bits per heavy atom. The third-order valence-corrected chi connectivity index (χ3v) is 3.75. The molecule has 3 rings (SSSR count). The Morgan fingerprint density at radius 1 is 1.39 bits per heavy atom. The number of rotatable bonds is 3. The van der Waals surface area contributed by atoms with Crippen molar-refractivity contribution in [2.24, 2.45) is 0 Å². The SMILES string of the molecule is Cc1cc(C(=O)N[C@H](C)c2nc(N)n[nH]2)c2cccc(Cl)c2n1. The molecule has 4 N–H and O–H groups in total. The number of H-pyrrole nitrogens is 1. The molecule has 0 spiro atoms. The summed E-state index contributed by atoms with van der Waals surface area (Å²) in [4.78, 5) is 21.1. The first-order valence-electron chi connectivity index (χ1n) is 7.00. The quantitative estimate of drug-likeness (QED) is 0.683. The number of amides is 1. The highest BCUT2D eigenvalue weighted by Gasteiger charge is 2.18. The number of nitrogens with two attached hydrogens (primary N) is 1. The number of benzene rings is 1. The number of para-hydroxylation sites is 1. The lowest BCUT2D eigenvalue weighted by molar-refractivity contribution is 0.0940. The summed E-state index contributed by atoms with van der Waals surface area (Å²) in [6, 6.07) is 6.72. The Labute approximate surface area is 137 Å². The molecule has 1 amide bonds. The molecule has 0 aliphatic heterocycles. The van der Waals surface area contributed by atoms with Crippen LogP contribution in [0.15, 0.2) is 24.3 Å². The average Bonchev–Trinajstić information content (AvgIpc) is 2.94. The first kappa shape index (κ1) is 15.2. The van der Waals surface area contributed by atoms with Gasteiger partial charge in [0.1, 0.15) is 5.82 Å². The Bertz CT molecular complexity index is 891. The Balaban J connectivity index is 1.96. The maximum absolute atomic E-state index is 12.6. The summed E-state index contributed by atoms with van der Waals surface area (Å²) in [5.74, 6) is 0.382. The molecule has 2 aromatic heterocycles. The molecule has 0 saturated carbocycles. The van der Waals surface area contributed by atoms with Crippen molar-refractivity contribution in [3.8, 4) is 0 Å². The van der Waals surface area contributed by atoms with Crippen LogP contribution in [-0.4, -0.2) is 26.1 Å². The number of hydrogen-bond donors (Lipinski definition) is 3. The topological polar surface area (TPSA) is 110 Å². The zero-order chi connectivity index (χ0) is 16.6. The summed E-state index contributed by atoms with van der Waals surface area (Å²) in [5.41, 5.74) is 7.31. The van der Waals surface area contributed by atoms with E-state index in [2.05, 4.69) is 25.5 Å². The van der Waals surface area contributed by atoms with Crippen molar-refractivity contribution in [1.82, 2.24) is 25.5 Å². The van der Waals surface area contributed by atoms with Crippen molar-refractivity contribution < 1.29 is 4.79 Å². The molecule has 0 unspecified atom stereocenters. The molecule has 0 bridgehead atoms. The molecule has 3 aromatic rings. The maximum atomic E-state index is 12.6. The number of aromatic amines is 1. The first-order valence-corrected chi connectivity index (χ1v) is 7.38. The molecule has 7 nitrogen and oxygen atoms in total. The molecule has 8 heteroatoms. The van der Waals surface area contributed by atoms with Crippen molar-refractivity contribution in [1.29, 1.82) is 0 Å². The highest BCUT2D eigenvalue weighted by atomic mass is 35.5. The molecule has 0 saturated heterocycles. The van der Waals surface area contributed by atoms with Crippen LogP contribution in [0.3, 0.4) is 0 Å². The number of hydrogen-bond acceptors (Lipinski definition) is 5. The smallest absolute Gasteiger partial charge is 0.252 e. The predicted octanol–water partition coefficient (Wildman–Crippen LogP) is 2.39. The van der Waals surface area contributed by atoms with Crippen LogP contribution in [0.2, 0.25) is 5.02 Å². The molecule has 0 aliphatic carbocycles. The molecular weight excluding hydrogens is 316 g/mol. The summed E-state index contributed by atoms with van der Waals surface area (Å²) in [6.07, 6.45) is 0. The fourth-order valence-corrected chi connectivity index (χ4v) is 2.57. The number of halogens is 1. The minimum Gasteiger partial charge on any atom is -0.367 e. The van der Waals surface area contributed by atoms with Gasteiger partial charge in [-0.05, 0) is 26.0 Å². The van der Waals surface area contributed by atoms with E-state index in [0.717, 1.165) is 0 Å². The standard InChI is InChI=1S/C15H15ClN6O/c1-7-6-10(9-4-3-5-11(16)12(9)18-7)14(23)19-8(2)13-20-15(17)22-21-13/h3-6,8H,1-2H3,(H,19,23)(H3,17,20,21,22)/t8-/m1/s1. The fraction of sp³-hybridized carbons (Fsp3) is 0.200. The summed E-state index contributed by atoms with van der Waals surface area (Å²) in [6.45, 7) is 3.61.